The van der Waals surface area contributed by atoms with E-state index in [-0.39, 0.29) is 6.54 Å². The third kappa shape index (κ3) is 2.50. The summed E-state index contributed by atoms with van der Waals surface area (Å²) in [6, 6.07) is 2.58. The highest BCUT2D eigenvalue weighted by Gasteiger charge is 2.37. The van der Waals surface area contributed by atoms with Gasteiger partial charge in [0, 0.05) is 6.54 Å². The molecule has 1 aromatic carbocycles. The van der Waals surface area contributed by atoms with Gasteiger partial charge in [-0.3, -0.25) is 5.10 Å². The third-order valence-electron chi connectivity index (χ3n) is 3.71. The lowest BCUT2D eigenvalue weighted by Gasteiger charge is -2.33. The molecule has 0 saturated carbocycles. The molecule has 3 rings (SSSR count). The van der Waals surface area contributed by atoms with Crippen molar-refractivity contribution in [3.8, 4) is 0 Å². The number of nitrogens with zero attached hydrogens (tertiary/aromatic N) is 3. The molecule has 0 aliphatic carbocycles. The van der Waals surface area contributed by atoms with E-state index in [0.29, 0.717) is 18.7 Å². The van der Waals surface area contributed by atoms with E-state index in [0.717, 1.165) is 22.9 Å². The molecule has 0 unspecified atom stereocenters. The Morgan fingerprint density at radius 2 is 2.09 bits per heavy atom. The Hall–Kier alpha value is -1.87. The summed E-state index contributed by atoms with van der Waals surface area (Å²) in [5.74, 6) is -2.14. The van der Waals surface area contributed by atoms with Gasteiger partial charge in [0.05, 0.1) is 6.04 Å². The van der Waals surface area contributed by atoms with Crippen LogP contribution in [0, 0.1) is 11.6 Å². The minimum atomic E-state index is -4.16. The van der Waals surface area contributed by atoms with Crippen LogP contribution in [0.25, 0.3) is 0 Å². The topological polar surface area (TPSA) is 79.0 Å². The average Bonchev–Trinajstić information content (AvgIpc) is 3.04. The maximum atomic E-state index is 13.9. The van der Waals surface area contributed by atoms with Gasteiger partial charge in [0.15, 0.2) is 11.6 Å². The maximum Gasteiger partial charge on any atom is 0.246 e. The molecule has 118 valence electrons. The van der Waals surface area contributed by atoms with Crippen LogP contribution in [0.3, 0.4) is 0 Å². The van der Waals surface area contributed by atoms with Crippen LogP contribution in [0.4, 0.5) is 8.78 Å². The first-order valence-corrected chi connectivity index (χ1v) is 8.27. The van der Waals surface area contributed by atoms with Crippen LogP contribution < -0.4 is 0 Å². The fraction of sp³-hybridized carbons (Fsp3) is 0.385. The van der Waals surface area contributed by atoms with E-state index in [4.69, 9.17) is 0 Å². The predicted molar refractivity (Wildman–Crippen MR) is 73.2 cm³/mol. The number of H-pyrrole nitrogens is 1. The molecule has 1 aliphatic heterocycles. The smallest absolute Gasteiger partial charge is 0.246 e. The number of aromatic amines is 1. The van der Waals surface area contributed by atoms with Crippen LogP contribution in [-0.2, 0) is 10.0 Å². The van der Waals surface area contributed by atoms with Gasteiger partial charge in [-0.2, -0.15) is 9.40 Å². The summed E-state index contributed by atoms with van der Waals surface area (Å²) in [5.41, 5.74) is 0. The summed E-state index contributed by atoms with van der Waals surface area (Å²) >= 11 is 0. The van der Waals surface area contributed by atoms with E-state index in [1.54, 1.807) is 0 Å². The van der Waals surface area contributed by atoms with Crippen LogP contribution in [0.2, 0.25) is 0 Å². The van der Waals surface area contributed by atoms with Crippen LogP contribution in [0.1, 0.15) is 31.1 Å². The van der Waals surface area contributed by atoms with Gasteiger partial charge in [-0.1, -0.05) is 12.5 Å². The number of hydrogen-bond donors (Lipinski definition) is 1. The average molecular weight is 328 g/mol. The molecule has 0 amide bonds. The molecule has 1 saturated heterocycles. The SMILES string of the molecule is O=S(=O)(c1cccc(F)c1F)N1CCCC[C@H]1c1ncn[nH]1. The summed E-state index contributed by atoms with van der Waals surface area (Å²) < 4.78 is 53.9. The normalized spacial score (nSPS) is 20.2. The zero-order valence-electron chi connectivity index (χ0n) is 11.5. The molecule has 2 aromatic rings. The lowest BCUT2D eigenvalue weighted by atomic mass is 10.0. The molecule has 0 bridgehead atoms. The van der Waals surface area contributed by atoms with Gasteiger partial charge in [-0.25, -0.2) is 22.2 Å². The molecule has 1 N–H and O–H groups in total. The molecule has 6 nitrogen and oxygen atoms in total. The standard InChI is InChI=1S/C13H14F2N4O2S/c14-9-4-3-6-11(12(9)15)22(20,21)19-7-2-1-5-10(19)13-16-8-17-18-13/h3-4,6,8,10H,1-2,5,7H2,(H,16,17,18)/t10-/m0/s1. The van der Waals surface area contributed by atoms with Crippen molar-refractivity contribution in [3.63, 3.8) is 0 Å². The van der Waals surface area contributed by atoms with Crippen LogP contribution >= 0.6 is 0 Å². The van der Waals surface area contributed by atoms with Crippen molar-refractivity contribution in [1.82, 2.24) is 19.5 Å². The molecule has 2 heterocycles. The number of aromatic nitrogens is 3. The van der Waals surface area contributed by atoms with Gasteiger partial charge >= 0.3 is 0 Å². The van der Waals surface area contributed by atoms with Crippen molar-refractivity contribution in [3.05, 3.63) is 42.0 Å². The lowest BCUT2D eigenvalue weighted by Crippen LogP contribution is -2.39. The van der Waals surface area contributed by atoms with Gasteiger partial charge < -0.3 is 0 Å². The number of rotatable bonds is 3. The molecule has 0 spiro atoms. The number of halogens is 2. The second-order valence-corrected chi connectivity index (χ2v) is 6.91. The van der Waals surface area contributed by atoms with Crippen LogP contribution in [0.5, 0.6) is 0 Å². The molecule has 1 aliphatic rings. The first-order valence-electron chi connectivity index (χ1n) is 6.83. The van der Waals surface area contributed by atoms with Gasteiger partial charge in [0.2, 0.25) is 10.0 Å². The Morgan fingerprint density at radius 1 is 1.27 bits per heavy atom. The van der Waals surface area contributed by atoms with Crippen molar-refractivity contribution in [2.45, 2.75) is 30.2 Å². The van der Waals surface area contributed by atoms with Crippen LogP contribution in [-0.4, -0.2) is 34.4 Å². The van der Waals surface area contributed by atoms with Gasteiger partial charge in [-0.15, -0.1) is 0 Å². The number of benzene rings is 1. The molecular weight excluding hydrogens is 314 g/mol. The van der Waals surface area contributed by atoms with Crippen molar-refractivity contribution >= 4 is 10.0 Å². The number of piperidine rings is 1. The fourth-order valence-corrected chi connectivity index (χ4v) is 4.39. The Kier molecular flexibility index (Phi) is 3.92. The molecule has 9 heteroatoms. The second kappa shape index (κ2) is 5.73. The van der Waals surface area contributed by atoms with Crippen molar-refractivity contribution in [2.24, 2.45) is 0 Å². The van der Waals surface area contributed by atoms with Crippen molar-refractivity contribution in [2.75, 3.05) is 6.54 Å². The summed E-state index contributed by atoms with van der Waals surface area (Å²) in [4.78, 5) is 3.34. The van der Waals surface area contributed by atoms with E-state index < -0.39 is 32.6 Å². The molecule has 1 fully saturated rings. The predicted octanol–water partition coefficient (Wildman–Crippen LogP) is 2.00. The third-order valence-corrected chi connectivity index (χ3v) is 5.63. The van der Waals surface area contributed by atoms with E-state index in [9.17, 15) is 17.2 Å². The Morgan fingerprint density at radius 3 is 2.82 bits per heavy atom. The molecule has 1 atom stereocenters. The highest BCUT2D eigenvalue weighted by atomic mass is 32.2. The largest absolute Gasteiger partial charge is 0.262 e. The van der Waals surface area contributed by atoms with E-state index in [2.05, 4.69) is 15.2 Å². The van der Waals surface area contributed by atoms with E-state index in [1.165, 1.54) is 12.4 Å². The van der Waals surface area contributed by atoms with Gasteiger partial charge in [0.1, 0.15) is 17.0 Å². The minimum absolute atomic E-state index is 0.226. The van der Waals surface area contributed by atoms with E-state index >= 15 is 0 Å². The van der Waals surface area contributed by atoms with Crippen LogP contribution in [0.15, 0.2) is 29.4 Å². The zero-order chi connectivity index (χ0) is 15.7. The number of hydrogen-bond acceptors (Lipinski definition) is 4. The van der Waals surface area contributed by atoms with Gasteiger partial charge in [-0.05, 0) is 25.0 Å². The van der Waals surface area contributed by atoms with Crippen molar-refractivity contribution in [1.29, 1.82) is 0 Å². The fourth-order valence-electron chi connectivity index (χ4n) is 2.65. The maximum absolute atomic E-state index is 13.9. The minimum Gasteiger partial charge on any atom is -0.262 e. The highest BCUT2D eigenvalue weighted by molar-refractivity contribution is 7.89. The zero-order valence-corrected chi connectivity index (χ0v) is 12.4. The summed E-state index contributed by atoms with van der Waals surface area (Å²) in [5, 5.41) is 6.38. The van der Waals surface area contributed by atoms with Gasteiger partial charge in [0.25, 0.3) is 0 Å². The quantitative estimate of drug-likeness (QED) is 0.934. The summed E-state index contributed by atoms with van der Waals surface area (Å²) in [6.07, 6.45) is 3.31. The number of sulfonamides is 1. The first kappa shape index (κ1) is 15.0. The summed E-state index contributed by atoms with van der Waals surface area (Å²) in [6.45, 7) is 0.226. The lowest BCUT2D eigenvalue weighted by molar-refractivity contribution is 0.246. The monoisotopic (exact) mass is 328 g/mol. The van der Waals surface area contributed by atoms with Crippen molar-refractivity contribution < 1.29 is 17.2 Å². The highest BCUT2D eigenvalue weighted by Crippen LogP contribution is 2.34. The van der Waals surface area contributed by atoms with E-state index in [1.807, 2.05) is 0 Å². The molecule has 22 heavy (non-hydrogen) atoms. The molecule has 0 radical (unpaired) electrons. The molecular formula is C13H14F2N4O2S. The first-order chi connectivity index (χ1) is 10.5. The Bertz CT molecular complexity index is 764. The summed E-state index contributed by atoms with van der Waals surface area (Å²) in [7, 11) is -4.16. The Balaban J connectivity index is 2.04. The number of nitrogens with one attached hydrogen (secondary N) is 1. The Labute approximate surface area is 126 Å². The second-order valence-electron chi connectivity index (χ2n) is 5.05. The molecule has 1 aromatic heterocycles.